The van der Waals surface area contributed by atoms with Gasteiger partial charge < -0.3 is 10.4 Å². The van der Waals surface area contributed by atoms with Gasteiger partial charge in [-0.05, 0) is 30.0 Å². The van der Waals surface area contributed by atoms with Gasteiger partial charge in [-0.1, -0.05) is 31.5 Å². The summed E-state index contributed by atoms with van der Waals surface area (Å²) >= 11 is 5.98. The first-order chi connectivity index (χ1) is 8.76. The highest BCUT2D eigenvalue weighted by Gasteiger charge is 2.65. The summed E-state index contributed by atoms with van der Waals surface area (Å²) in [4.78, 5) is 23.2. The molecule has 0 spiro atoms. The van der Waals surface area contributed by atoms with Crippen LogP contribution in [0.3, 0.4) is 0 Å². The minimum atomic E-state index is -0.923. The molecule has 1 saturated carbocycles. The molecule has 1 fully saturated rings. The summed E-state index contributed by atoms with van der Waals surface area (Å²) in [6.45, 7) is 5.40. The molecular formula is C14H16ClNO3. The van der Waals surface area contributed by atoms with Crippen molar-refractivity contribution in [2.24, 2.45) is 17.3 Å². The third kappa shape index (κ3) is 2.32. The van der Waals surface area contributed by atoms with Gasteiger partial charge in [-0.2, -0.15) is 0 Å². The monoisotopic (exact) mass is 281 g/mol. The molecule has 5 heteroatoms. The van der Waals surface area contributed by atoms with E-state index in [1.807, 2.05) is 6.92 Å². The second kappa shape index (κ2) is 4.53. The molecule has 0 heterocycles. The average molecular weight is 282 g/mol. The van der Waals surface area contributed by atoms with Crippen molar-refractivity contribution in [1.29, 1.82) is 0 Å². The van der Waals surface area contributed by atoms with E-state index in [1.165, 1.54) is 0 Å². The molecular weight excluding hydrogens is 266 g/mol. The van der Waals surface area contributed by atoms with Gasteiger partial charge in [0.2, 0.25) is 5.91 Å². The number of anilines is 1. The Balaban J connectivity index is 2.15. The van der Waals surface area contributed by atoms with Gasteiger partial charge in [0.1, 0.15) is 0 Å². The van der Waals surface area contributed by atoms with Crippen LogP contribution in [0.5, 0.6) is 0 Å². The molecule has 1 aliphatic rings. The van der Waals surface area contributed by atoms with Crippen LogP contribution in [0.4, 0.5) is 5.69 Å². The molecule has 2 N–H and O–H groups in total. The number of benzene rings is 1. The van der Waals surface area contributed by atoms with E-state index in [0.29, 0.717) is 10.7 Å². The molecule has 0 radical (unpaired) electrons. The Bertz CT molecular complexity index is 554. The molecule has 102 valence electrons. The van der Waals surface area contributed by atoms with E-state index >= 15 is 0 Å². The van der Waals surface area contributed by atoms with E-state index in [9.17, 15) is 9.59 Å². The van der Waals surface area contributed by atoms with Crippen LogP contribution in [-0.2, 0) is 9.59 Å². The van der Waals surface area contributed by atoms with Crippen LogP contribution in [0.2, 0.25) is 5.02 Å². The number of hydrogen-bond acceptors (Lipinski definition) is 2. The number of carboxylic acids is 1. The lowest BCUT2D eigenvalue weighted by Gasteiger charge is -2.10. The molecule has 1 amide bonds. The molecule has 1 aromatic rings. The summed E-state index contributed by atoms with van der Waals surface area (Å²) in [7, 11) is 0. The number of aliphatic carboxylic acids is 1. The van der Waals surface area contributed by atoms with Gasteiger partial charge in [0.25, 0.3) is 0 Å². The maximum absolute atomic E-state index is 12.2. The number of carbonyl (C=O) groups excluding carboxylic acids is 1. The quantitative estimate of drug-likeness (QED) is 0.895. The molecule has 0 unspecified atom stereocenters. The van der Waals surface area contributed by atoms with Crippen molar-refractivity contribution in [2.75, 3.05) is 5.32 Å². The predicted molar refractivity (Wildman–Crippen MR) is 73.2 cm³/mol. The molecule has 0 bridgehead atoms. The summed E-state index contributed by atoms with van der Waals surface area (Å²) in [5, 5.41) is 12.4. The van der Waals surface area contributed by atoms with E-state index < -0.39 is 23.2 Å². The number of nitrogens with one attached hydrogen (secondary N) is 1. The zero-order chi connectivity index (χ0) is 14.4. The number of rotatable bonds is 3. The summed E-state index contributed by atoms with van der Waals surface area (Å²) in [6, 6.07) is 5.25. The van der Waals surface area contributed by atoms with Gasteiger partial charge in [-0.15, -0.1) is 0 Å². The van der Waals surface area contributed by atoms with E-state index in [4.69, 9.17) is 16.7 Å². The van der Waals surface area contributed by atoms with Crippen molar-refractivity contribution < 1.29 is 14.7 Å². The second-order valence-corrected chi connectivity index (χ2v) is 5.92. The Morgan fingerprint density at radius 1 is 1.32 bits per heavy atom. The van der Waals surface area contributed by atoms with Crippen LogP contribution in [0.1, 0.15) is 19.4 Å². The summed E-state index contributed by atoms with van der Waals surface area (Å²) in [5.41, 5.74) is 0.912. The largest absolute Gasteiger partial charge is 0.481 e. The van der Waals surface area contributed by atoms with Crippen molar-refractivity contribution in [1.82, 2.24) is 0 Å². The van der Waals surface area contributed by atoms with Crippen LogP contribution in [0.15, 0.2) is 18.2 Å². The van der Waals surface area contributed by atoms with Crippen molar-refractivity contribution in [3.63, 3.8) is 0 Å². The number of carbonyl (C=O) groups is 2. The number of carboxylic acid groups (broad SMARTS) is 1. The second-order valence-electron chi connectivity index (χ2n) is 5.52. The van der Waals surface area contributed by atoms with Crippen molar-refractivity contribution in [3.8, 4) is 0 Å². The molecule has 2 atom stereocenters. The van der Waals surface area contributed by atoms with E-state index in [2.05, 4.69) is 5.32 Å². The van der Waals surface area contributed by atoms with E-state index in [-0.39, 0.29) is 5.91 Å². The third-order valence-corrected chi connectivity index (χ3v) is 4.31. The van der Waals surface area contributed by atoms with Gasteiger partial charge in [0, 0.05) is 10.7 Å². The fourth-order valence-corrected chi connectivity index (χ4v) is 2.72. The maximum atomic E-state index is 12.2. The summed E-state index contributed by atoms with van der Waals surface area (Å²) in [6.07, 6.45) is 0. The molecule has 4 nitrogen and oxygen atoms in total. The molecule has 0 saturated heterocycles. The summed E-state index contributed by atoms with van der Waals surface area (Å²) in [5.74, 6) is -2.30. The molecule has 1 aliphatic carbocycles. The lowest BCUT2D eigenvalue weighted by molar-refractivity contribution is -0.140. The lowest BCUT2D eigenvalue weighted by atomic mass is 10.1. The highest BCUT2D eigenvalue weighted by molar-refractivity contribution is 6.31. The van der Waals surface area contributed by atoms with E-state index in [0.717, 1.165) is 5.56 Å². The smallest absolute Gasteiger partial charge is 0.307 e. The highest BCUT2D eigenvalue weighted by Crippen LogP contribution is 2.58. The Hall–Kier alpha value is -1.55. The minimum absolute atomic E-state index is 0.261. The first-order valence-corrected chi connectivity index (χ1v) is 6.43. The number of hydrogen-bond donors (Lipinski definition) is 2. The van der Waals surface area contributed by atoms with Crippen LogP contribution < -0.4 is 5.32 Å². The fraction of sp³-hybridized carbons (Fsp3) is 0.429. The lowest BCUT2D eigenvalue weighted by Crippen LogP contribution is -2.18. The van der Waals surface area contributed by atoms with E-state index in [1.54, 1.807) is 32.0 Å². The average Bonchev–Trinajstić information content (AvgIpc) is 2.88. The topological polar surface area (TPSA) is 66.4 Å². The molecule has 0 aliphatic heterocycles. The normalized spacial score (nSPS) is 23.8. The molecule has 2 rings (SSSR count). The van der Waals surface area contributed by atoms with Crippen molar-refractivity contribution in [2.45, 2.75) is 20.8 Å². The van der Waals surface area contributed by atoms with Gasteiger partial charge in [0.15, 0.2) is 0 Å². The Morgan fingerprint density at radius 2 is 1.95 bits per heavy atom. The zero-order valence-corrected chi connectivity index (χ0v) is 11.8. The van der Waals surface area contributed by atoms with Crippen LogP contribution in [0, 0.1) is 24.2 Å². The van der Waals surface area contributed by atoms with Gasteiger partial charge in [-0.25, -0.2) is 0 Å². The third-order valence-electron chi connectivity index (χ3n) is 3.90. The Morgan fingerprint density at radius 3 is 2.47 bits per heavy atom. The minimum Gasteiger partial charge on any atom is -0.481 e. The fourth-order valence-electron chi connectivity index (χ4n) is 2.54. The first-order valence-electron chi connectivity index (χ1n) is 6.05. The number of halogens is 1. The van der Waals surface area contributed by atoms with Crippen molar-refractivity contribution in [3.05, 3.63) is 28.8 Å². The highest BCUT2D eigenvalue weighted by atomic mass is 35.5. The predicted octanol–water partition coefficient (Wildman–Crippen LogP) is 2.94. The Kier molecular flexibility index (Phi) is 3.31. The van der Waals surface area contributed by atoms with Crippen LogP contribution in [-0.4, -0.2) is 17.0 Å². The van der Waals surface area contributed by atoms with Gasteiger partial charge in [0.05, 0.1) is 11.8 Å². The summed E-state index contributed by atoms with van der Waals surface area (Å²) < 4.78 is 0. The zero-order valence-electron chi connectivity index (χ0n) is 11.0. The molecule has 1 aromatic carbocycles. The standard InChI is InChI=1S/C14H16ClNO3/c1-7-8(15)5-4-6-9(7)16-12(17)10-11(13(18)19)14(10,2)3/h4-6,10-11H,1-3H3,(H,16,17)(H,18,19)/t10-,11+/m1/s1. The van der Waals surface area contributed by atoms with Crippen molar-refractivity contribution >= 4 is 29.2 Å². The Labute approximate surface area is 116 Å². The maximum Gasteiger partial charge on any atom is 0.307 e. The molecule has 0 aromatic heterocycles. The van der Waals surface area contributed by atoms with Crippen LogP contribution in [0.25, 0.3) is 0 Å². The van der Waals surface area contributed by atoms with Gasteiger partial charge >= 0.3 is 5.97 Å². The number of amides is 1. The SMILES string of the molecule is Cc1c(Cl)cccc1NC(=O)[C@H]1[C@@H](C(=O)O)C1(C)C. The first kappa shape index (κ1) is 13.9. The van der Waals surface area contributed by atoms with Gasteiger partial charge in [-0.3, -0.25) is 9.59 Å². The molecule has 19 heavy (non-hydrogen) atoms. The van der Waals surface area contributed by atoms with Crippen LogP contribution >= 0.6 is 11.6 Å².